The number of aryl methyl sites for hydroxylation is 2. The molecule has 0 radical (unpaired) electrons. The second kappa shape index (κ2) is 12.4. The number of benzene rings is 2. The smallest absolute Gasteiger partial charge is 0.226 e. The molecule has 1 aliphatic rings. The molecule has 1 fully saturated rings. The van der Waals surface area contributed by atoms with Crippen LogP contribution in [-0.2, 0) is 14.4 Å². The number of hydrogen-bond donors (Lipinski definition) is 1. The van der Waals surface area contributed by atoms with Gasteiger partial charge >= 0.3 is 0 Å². The number of rotatable bonds is 9. The van der Waals surface area contributed by atoms with Gasteiger partial charge in [-0.15, -0.1) is 0 Å². The van der Waals surface area contributed by atoms with Crippen molar-refractivity contribution in [2.45, 2.75) is 65.7 Å². The summed E-state index contributed by atoms with van der Waals surface area (Å²) >= 11 is 0. The molecule has 0 unspecified atom stereocenters. The lowest BCUT2D eigenvalue weighted by Crippen LogP contribution is -2.36. The van der Waals surface area contributed by atoms with Gasteiger partial charge in [-0.05, 0) is 62.3 Å². The highest BCUT2D eigenvalue weighted by atomic mass is 16.2. The first-order valence-electron chi connectivity index (χ1n) is 12.6. The monoisotopic (exact) mass is 475 g/mol. The third-order valence-corrected chi connectivity index (χ3v) is 6.69. The lowest BCUT2D eigenvalue weighted by molar-refractivity contribution is -0.118. The molecule has 0 aromatic heterocycles. The number of piperidine rings is 1. The molecule has 2 aromatic carbocycles. The van der Waals surface area contributed by atoms with Gasteiger partial charge in [0.2, 0.25) is 11.8 Å². The van der Waals surface area contributed by atoms with Gasteiger partial charge in [-0.1, -0.05) is 42.8 Å². The fraction of sp³-hybridized carbons (Fsp3) is 0.448. The van der Waals surface area contributed by atoms with Crippen LogP contribution in [0.4, 0.5) is 11.4 Å². The Bertz CT molecular complexity index is 1100. The Balaban J connectivity index is 1.67. The molecular formula is C29H37N3O3. The van der Waals surface area contributed by atoms with E-state index in [1.807, 2.05) is 56.0 Å². The van der Waals surface area contributed by atoms with Gasteiger partial charge in [-0.25, -0.2) is 4.79 Å². The SMILES string of the molecule is CCCC(=O)N(CCC(=C=O)N1CCC(c2ccccc2NC(C)=O)CC1)c1ccc(C)cc1C. The van der Waals surface area contributed by atoms with Crippen molar-refractivity contribution < 1.29 is 14.4 Å². The predicted molar refractivity (Wildman–Crippen MR) is 141 cm³/mol. The Morgan fingerprint density at radius 2 is 1.80 bits per heavy atom. The average Bonchev–Trinajstić information content (AvgIpc) is 2.83. The van der Waals surface area contributed by atoms with E-state index in [4.69, 9.17) is 0 Å². The summed E-state index contributed by atoms with van der Waals surface area (Å²) in [5.74, 6) is 2.49. The van der Waals surface area contributed by atoms with E-state index in [2.05, 4.69) is 28.3 Å². The second-order valence-electron chi connectivity index (χ2n) is 9.41. The first-order valence-corrected chi connectivity index (χ1v) is 12.6. The average molecular weight is 476 g/mol. The quantitative estimate of drug-likeness (QED) is 0.495. The van der Waals surface area contributed by atoms with Crippen molar-refractivity contribution in [1.82, 2.24) is 4.90 Å². The third kappa shape index (κ3) is 6.83. The second-order valence-corrected chi connectivity index (χ2v) is 9.41. The van der Waals surface area contributed by atoms with Crippen molar-refractivity contribution in [3.05, 3.63) is 64.9 Å². The minimum atomic E-state index is -0.0768. The summed E-state index contributed by atoms with van der Waals surface area (Å²) in [7, 11) is 0. The minimum Gasteiger partial charge on any atom is -0.366 e. The number of carbonyl (C=O) groups is 2. The standard InChI is InChI=1S/C29H37N3O3/c1-5-8-29(35)32(28-12-11-21(2)19-22(28)3)18-15-25(20-33)31-16-13-24(14-17-31)26-9-6-7-10-27(26)30-23(4)34/h6-7,9-12,19,24H,5,8,13-18H2,1-4H3,(H,30,34). The fourth-order valence-corrected chi connectivity index (χ4v) is 4.94. The molecule has 2 amide bonds. The molecule has 0 atom stereocenters. The van der Waals surface area contributed by atoms with Crippen LogP contribution in [0, 0.1) is 13.8 Å². The molecule has 1 N–H and O–H groups in total. The van der Waals surface area contributed by atoms with Crippen LogP contribution in [0.25, 0.3) is 0 Å². The van der Waals surface area contributed by atoms with Crippen molar-refractivity contribution in [3.63, 3.8) is 0 Å². The summed E-state index contributed by atoms with van der Waals surface area (Å²) in [6.45, 7) is 9.54. The number of likely N-dealkylation sites (tertiary alicyclic amines) is 1. The molecule has 2 aromatic rings. The minimum absolute atomic E-state index is 0.0768. The maximum absolute atomic E-state index is 12.9. The zero-order chi connectivity index (χ0) is 25.4. The van der Waals surface area contributed by atoms with E-state index in [1.165, 1.54) is 6.92 Å². The first kappa shape index (κ1) is 26.2. The molecule has 186 valence electrons. The summed E-state index contributed by atoms with van der Waals surface area (Å²) < 4.78 is 0. The first-order chi connectivity index (χ1) is 16.8. The third-order valence-electron chi connectivity index (χ3n) is 6.69. The van der Waals surface area contributed by atoms with E-state index >= 15 is 0 Å². The van der Waals surface area contributed by atoms with Gasteiger partial charge in [0.25, 0.3) is 0 Å². The fourth-order valence-electron chi connectivity index (χ4n) is 4.94. The summed E-state index contributed by atoms with van der Waals surface area (Å²) in [5.41, 5.74) is 5.76. The lowest BCUT2D eigenvalue weighted by atomic mass is 9.88. The van der Waals surface area contributed by atoms with Crippen LogP contribution >= 0.6 is 0 Å². The van der Waals surface area contributed by atoms with Crippen LogP contribution in [0.5, 0.6) is 0 Å². The molecule has 1 aliphatic heterocycles. The van der Waals surface area contributed by atoms with Crippen molar-refractivity contribution in [2.24, 2.45) is 0 Å². The molecule has 0 spiro atoms. The molecule has 1 saturated heterocycles. The molecule has 35 heavy (non-hydrogen) atoms. The molecule has 6 nitrogen and oxygen atoms in total. The van der Waals surface area contributed by atoms with Crippen molar-refractivity contribution >= 4 is 29.1 Å². The van der Waals surface area contributed by atoms with Gasteiger partial charge in [0, 0.05) is 50.8 Å². The maximum atomic E-state index is 12.9. The van der Waals surface area contributed by atoms with Gasteiger partial charge in [0.15, 0.2) is 0 Å². The van der Waals surface area contributed by atoms with Crippen LogP contribution < -0.4 is 10.2 Å². The number of nitrogens with one attached hydrogen (secondary N) is 1. The molecule has 0 saturated carbocycles. The highest BCUT2D eigenvalue weighted by Crippen LogP contribution is 2.34. The number of nitrogens with zero attached hydrogens (tertiary/aromatic N) is 2. The van der Waals surface area contributed by atoms with Crippen LogP contribution in [0.2, 0.25) is 0 Å². The normalized spacial score (nSPS) is 13.8. The number of amides is 2. The summed E-state index contributed by atoms with van der Waals surface area (Å²) in [6, 6.07) is 14.0. The Morgan fingerprint density at radius 1 is 1.09 bits per heavy atom. The van der Waals surface area contributed by atoms with Crippen LogP contribution in [0.15, 0.2) is 48.2 Å². The molecule has 0 aliphatic carbocycles. The zero-order valence-corrected chi connectivity index (χ0v) is 21.4. The highest BCUT2D eigenvalue weighted by molar-refractivity contribution is 5.94. The van der Waals surface area contributed by atoms with Gasteiger partial charge in [0.05, 0.1) is 0 Å². The van der Waals surface area contributed by atoms with Crippen LogP contribution in [0.1, 0.15) is 68.6 Å². The molecule has 3 rings (SSSR count). The maximum Gasteiger partial charge on any atom is 0.226 e. The summed E-state index contributed by atoms with van der Waals surface area (Å²) in [6.07, 6.45) is 3.50. The number of para-hydroxylation sites is 1. The molecular weight excluding hydrogens is 438 g/mol. The molecule has 6 heteroatoms. The zero-order valence-electron chi connectivity index (χ0n) is 21.4. The van der Waals surface area contributed by atoms with Gasteiger partial charge in [-0.2, -0.15) is 0 Å². The largest absolute Gasteiger partial charge is 0.366 e. The Hall–Kier alpha value is -3.37. The van der Waals surface area contributed by atoms with E-state index in [0.717, 1.165) is 60.4 Å². The Morgan fingerprint density at radius 3 is 2.43 bits per heavy atom. The topological polar surface area (TPSA) is 69.7 Å². The van der Waals surface area contributed by atoms with Gasteiger partial charge in [0.1, 0.15) is 11.6 Å². The van der Waals surface area contributed by atoms with E-state index in [9.17, 15) is 14.4 Å². The summed E-state index contributed by atoms with van der Waals surface area (Å²) in [5, 5.41) is 2.94. The van der Waals surface area contributed by atoms with Crippen molar-refractivity contribution in [2.75, 3.05) is 29.9 Å². The Kier molecular flexibility index (Phi) is 9.27. The van der Waals surface area contributed by atoms with Crippen molar-refractivity contribution in [1.29, 1.82) is 0 Å². The number of carbonyl (C=O) groups excluding carboxylic acids is 3. The Labute approximate surface area is 209 Å². The van der Waals surface area contributed by atoms with E-state index < -0.39 is 0 Å². The lowest BCUT2D eigenvalue weighted by Gasteiger charge is -2.35. The van der Waals surface area contributed by atoms with Crippen molar-refractivity contribution in [3.8, 4) is 0 Å². The highest BCUT2D eigenvalue weighted by Gasteiger charge is 2.25. The number of anilines is 2. The molecule has 1 heterocycles. The van der Waals surface area contributed by atoms with E-state index in [-0.39, 0.29) is 11.8 Å². The van der Waals surface area contributed by atoms with Crippen LogP contribution in [0.3, 0.4) is 0 Å². The van der Waals surface area contributed by atoms with Gasteiger partial charge in [-0.3, -0.25) is 9.59 Å². The van der Waals surface area contributed by atoms with Gasteiger partial charge < -0.3 is 15.1 Å². The van der Waals surface area contributed by atoms with E-state index in [1.54, 1.807) is 0 Å². The molecule has 0 bridgehead atoms. The summed E-state index contributed by atoms with van der Waals surface area (Å²) in [4.78, 5) is 40.4. The van der Waals surface area contributed by atoms with Crippen LogP contribution in [-0.4, -0.2) is 42.3 Å². The van der Waals surface area contributed by atoms with E-state index in [0.29, 0.717) is 31.0 Å². The predicted octanol–water partition coefficient (Wildman–Crippen LogP) is 5.38. The number of hydrogen-bond acceptors (Lipinski definition) is 4.